The molecule has 0 aliphatic heterocycles. The highest BCUT2D eigenvalue weighted by Gasteiger charge is 2.17. The molecule has 0 heterocycles. The summed E-state index contributed by atoms with van der Waals surface area (Å²) in [5.74, 6) is 0.884. The Morgan fingerprint density at radius 3 is 2.33 bits per heavy atom. The number of non-ortho nitro benzene ring substituents is 1. The minimum atomic E-state index is -4.02. The quantitative estimate of drug-likeness (QED) is 0.281. The van der Waals surface area contributed by atoms with Crippen molar-refractivity contribution in [2.75, 3.05) is 7.11 Å². The first kappa shape index (κ1) is 21.4. The van der Waals surface area contributed by atoms with Crippen LogP contribution in [0.15, 0.2) is 71.6 Å². The van der Waals surface area contributed by atoms with Crippen molar-refractivity contribution in [2.24, 2.45) is 0 Å². The Morgan fingerprint density at radius 2 is 1.70 bits per heavy atom. The normalized spacial score (nSPS) is 11.0. The lowest BCUT2D eigenvalue weighted by molar-refractivity contribution is -0.384. The number of nitro benzene ring substituents is 1. The predicted octanol–water partition coefficient (Wildman–Crippen LogP) is 4.60. The van der Waals surface area contributed by atoms with E-state index < -0.39 is 15.0 Å². The van der Waals surface area contributed by atoms with Crippen LogP contribution in [0.25, 0.3) is 0 Å². The van der Waals surface area contributed by atoms with Crippen LogP contribution >= 0.6 is 11.6 Å². The van der Waals surface area contributed by atoms with Crippen LogP contribution in [0.3, 0.4) is 0 Å². The minimum Gasteiger partial charge on any atom is -0.497 e. The Bertz CT molecular complexity index is 1160. The number of hydrogen-bond donors (Lipinski definition) is 0. The maximum atomic E-state index is 12.5. The van der Waals surface area contributed by atoms with Crippen molar-refractivity contribution in [3.63, 3.8) is 0 Å². The summed E-state index contributed by atoms with van der Waals surface area (Å²) < 4.78 is 40.7. The molecule has 0 aliphatic rings. The highest BCUT2D eigenvalue weighted by atomic mass is 35.5. The van der Waals surface area contributed by atoms with Crippen LogP contribution in [0.2, 0.25) is 5.02 Å². The molecule has 0 saturated heterocycles. The molecule has 3 aromatic rings. The highest BCUT2D eigenvalue weighted by molar-refractivity contribution is 7.87. The number of ether oxygens (including phenoxy) is 2. The van der Waals surface area contributed by atoms with Gasteiger partial charge in [-0.05, 0) is 35.9 Å². The van der Waals surface area contributed by atoms with E-state index in [4.69, 9.17) is 25.3 Å². The van der Waals surface area contributed by atoms with Crippen LogP contribution in [0.1, 0.15) is 5.56 Å². The zero-order chi connectivity index (χ0) is 21.7. The van der Waals surface area contributed by atoms with Crippen molar-refractivity contribution in [1.82, 2.24) is 0 Å². The second-order valence-electron chi connectivity index (χ2n) is 6.02. The average Bonchev–Trinajstić information content (AvgIpc) is 2.73. The number of halogens is 1. The molecule has 0 unspecified atom stereocenters. The number of benzene rings is 3. The van der Waals surface area contributed by atoms with Crippen molar-refractivity contribution >= 4 is 27.4 Å². The molecule has 8 nitrogen and oxygen atoms in total. The highest BCUT2D eigenvalue weighted by Crippen LogP contribution is 2.29. The summed E-state index contributed by atoms with van der Waals surface area (Å²) in [7, 11) is -2.55. The van der Waals surface area contributed by atoms with Gasteiger partial charge in [0, 0.05) is 18.2 Å². The van der Waals surface area contributed by atoms with Gasteiger partial charge in [0.1, 0.15) is 28.8 Å². The van der Waals surface area contributed by atoms with Crippen molar-refractivity contribution in [3.8, 4) is 17.2 Å². The van der Waals surface area contributed by atoms with Crippen LogP contribution < -0.4 is 13.7 Å². The van der Waals surface area contributed by atoms with E-state index in [1.54, 1.807) is 24.3 Å². The molecule has 10 heteroatoms. The SMILES string of the molecule is COc1cccc(OS(=O)(=O)c2ccc(COc3ccc([N+](=O)[O-])cc3Cl)cc2)c1. The van der Waals surface area contributed by atoms with E-state index in [1.807, 2.05) is 0 Å². The van der Waals surface area contributed by atoms with Gasteiger partial charge in [0.15, 0.2) is 0 Å². The van der Waals surface area contributed by atoms with Gasteiger partial charge in [0.25, 0.3) is 5.69 Å². The lowest BCUT2D eigenvalue weighted by atomic mass is 10.2. The van der Waals surface area contributed by atoms with Gasteiger partial charge in [0.05, 0.1) is 17.1 Å². The van der Waals surface area contributed by atoms with Crippen LogP contribution in [0, 0.1) is 10.1 Å². The van der Waals surface area contributed by atoms with E-state index in [9.17, 15) is 18.5 Å². The van der Waals surface area contributed by atoms with E-state index in [1.165, 1.54) is 49.6 Å². The van der Waals surface area contributed by atoms with E-state index in [-0.39, 0.29) is 33.7 Å². The smallest absolute Gasteiger partial charge is 0.339 e. The van der Waals surface area contributed by atoms with E-state index in [2.05, 4.69) is 0 Å². The van der Waals surface area contributed by atoms with Crippen LogP contribution in [-0.2, 0) is 16.7 Å². The molecule has 0 aliphatic carbocycles. The molecule has 156 valence electrons. The summed E-state index contributed by atoms with van der Waals surface area (Å²) in [4.78, 5) is 10.2. The molecule has 0 aromatic heterocycles. The molecule has 0 radical (unpaired) electrons. The van der Waals surface area contributed by atoms with E-state index in [0.717, 1.165) is 0 Å². The summed E-state index contributed by atoms with van der Waals surface area (Å²) in [5, 5.41) is 10.9. The Morgan fingerprint density at radius 1 is 1.00 bits per heavy atom. The number of rotatable bonds is 8. The maximum absolute atomic E-state index is 12.5. The molecule has 30 heavy (non-hydrogen) atoms. The standard InChI is InChI=1S/C20H16ClNO7S/c1-27-16-3-2-4-17(12-16)29-30(25,26)18-8-5-14(6-9-18)13-28-20-10-7-15(22(23)24)11-19(20)21/h2-12H,13H2,1H3. The van der Waals surface area contributed by atoms with Crippen molar-refractivity contribution in [2.45, 2.75) is 11.5 Å². The largest absolute Gasteiger partial charge is 0.497 e. The van der Waals surface area contributed by atoms with Gasteiger partial charge in [0.2, 0.25) is 0 Å². The second-order valence-corrected chi connectivity index (χ2v) is 7.97. The summed E-state index contributed by atoms with van der Waals surface area (Å²) in [6.07, 6.45) is 0. The maximum Gasteiger partial charge on any atom is 0.339 e. The second kappa shape index (κ2) is 9.02. The van der Waals surface area contributed by atoms with Crippen molar-refractivity contribution in [1.29, 1.82) is 0 Å². The Labute approximate surface area is 177 Å². The monoisotopic (exact) mass is 449 g/mol. The molecule has 0 saturated carbocycles. The Balaban J connectivity index is 1.67. The fourth-order valence-electron chi connectivity index (χ4n) is 2.46. The van der Waals surface area contributed by atoms with Crippen LogP contribution in [0.4, 0.5) is 5.69 Å². The topological polar surface area (TPSA) is 105 Å². The third kappa shape index (κ3) is 5.19. The van der Waals surface area contributed by atoms with E-state index >= 15 is 0 Å². The average molecular weight is 450 g/mol. The van der Waals surface area contributed by atoms with Crippen LogP contribution in [-0.4, -0.2) is 20.5 Å². The third-order valence-corrected chi connectivity index (χ3v) is 5.54. The molecule has 0 amide bonds. The molecule has 0 atom stereocenters. The number of methoxy groups -OCH3 is 1. The summed E-state index contributed by atoms with van der Waals surface area (Å²) in [6, 6.07) is 16.1. The van der Waals surface area contributed by atoms with E-state index in [0.29, 0.717) is 11.3 Å². The molecule has 0 N–H and O–H groups in total. The predicted molar refractivity (Wildman–Crippen MR) is 110 cm³/mol. The lowest BCUT2D eigenvalue weighted by Crippen LogP contribution is -2.10. The Hall–Kier alpha value is -3.30. The fourth-order valence-corrected chi connectivity index (χ4v) is 3.61. The minimum absolute atomic E-state index is 0.0255. The van der Waals surface area contributed by atoms with Gasteiger partial charge in [-0.15, -0.1) is 0 Å². The van der Waals surface area contributed by atoms with Crippen LogP contribution in [0.5, 0.6) is 17.2 Å². The zero-order valence-corrected chi connectivity index (χ0v) is 17.2. The number of hydrogen-bond acceptors (Lipinski definition) is 7. The number of nitro groups is 1. The summed E-state index contributed by atoms with van der Waals surface area (Å²) in [5.41, 5.74) is 0.530. The third-order valence-electron chi connectivity index (χ3n) is 3.98. The zero-order valence-electron chi connectivity index (χ0n) is 15.6. The molecule has 0 fully saturated rings. The van der Waals surface area contributed by atoms with Gasteiger partial charge in [-0.2, -0.15) is 8.42 Å². The first-order chi connectivity index (χ1) is 14.3. The van der Waals surface area contributed by atoms with Gasteiger partial charge in [-0.3, -0.25) is 10.1 Å². The molecular weight excluding hydrogens is 434 g/mol. The molecular formula is C20H16ClNO7S. The summed E-state index contributed by atoms with van der Waals surface area (Å²) in [6.45, 7) is 0.0919. The fraction of sp³-hybridized carbons (Fsp3) is 0.100. The van der Waals surface area contributed by atoms with Gasteiger partial charge < -0.3 is 13.7 Å². The molecule has 0 spiro atoms. The first-order valence-corrected chi connectivity index (χ1v) is 10.3. The van der Waals surface area contributed by atoms with Crippen molar-refractivity contribution in [3.05, 3.63) is 87.4 Å². The van der Waals surface area contributed by atoms with Gasteiger partial charge in [-0.1, -0.05) is 29.8 Å². The molecule has 3 aromatic carbocycles. The first-order valence-electron chi connectivity index (χ1n) is 8.53. The Kier molecular flexibility index (Phi) is 6.43. The molecule has 3 rings (SSSR count). The van der Waals surface area contributed by atoms with Gasteiger partial charge >= 0.3 is 10.1 Å². The molecule has 0 bridgehead atoms. The van der Waals surface area contributed by atoms with Crippen molar-refractivity contribution < 1.29 is 27.0 Å². The van der Waals surface area contributed by atoms with Gasteiger partial charge in [-0.25, -0.2) is 0 Å². The number of nitrogens with zero attached hydrogens (tertiary/aromatic N) is 1. The lowest BCUT2D eigenvalue weighted by Gasteiger charge is -2.10. The summed E-state index contributed by atoms with van der Waals surface area (Å²) >= 11 is 5.99.